The molecule has 1 saturated heterocycles. The Labute approximate surface area is 154 Å². The summed E-state index contributed by atoms with van der Waals surface area (Å²) in [6, 6.07) is 3.37. The lowest BCUT2D eigenvalue weighted by Gasteiger charge is -2.30. The fourth-order valence-corrected chi connectivity index (χ4v) is 3.34. The van der Waals surface area contributed by atoms with Gasteiger partial charge in [-0.1, -0.05) is 11.6 Å². The number of amides is 2. The Kier molecular flexibility index (Phi) is 5.95. The van der Waals surface area contributed by atoms with E-state index in [1.165, 1.54) is 17.5 Å². The number of nitrogens with one attached hydrogen (secondary N) is 2. The van der Waals surface area contributed by atoms with Gasteiger partial charge in [-0.2, -0.15) is 0 Å². The van der Waals surface area contributed by atoms with E-state index in [0.717, 1.165) is 0 Å². The monoisotopic (exact) mass is 379 g/mol. The number of likely N-dealkylation sites (tertiary alicyclic amines) is 1. The first kappa shape index (κ1) is 17.8. The predicted molar refractivity (Wildman–Crippen MR) is 97.8 cm³/mol. The Balaban J connectivity index is 1.42. The first-order valence-electron chi connectivity index (χ1n) is 7.94. The number of hydrogen-bond donors (Lipinski definition) is 2. The number of carbonyl (C=O) groups excluding carboxylic acids is 2. The predicted octanol–water partition coefficient (Wildman–Crippen LogP) is 2.48. The normalized spacial score (nSPS) is 15.7. The van der Waals surface area contributed by atoms with Crippen molar-refractivity contribution in [3.8, 4) is 0 Å². The van der Waals surface area contributed by atoms with Crippen molar-refractivity contribution in [3.63, 3.8) is 0 Å². The molecule has 3 heterocycles. The van der Waals surface area contributed by atoms with E-state index in [-0.39, 0.29) is 17.7 Å². The van der Waals surface area contributed by atoms with Crippen LogP contribution in [0.1, 0.15) is 12.8 Å². The minimum absolute atomic E-state index is 0.0401. The molecule has 1 aliphatic heterocycles. The maximum absolute atomic E-state index is 12.3. The molecular formula is C16H18ClN5O2S. The summed E-state index contributed by atoms with van der Waals surface area (Å²) >= 11 is 7.17. The number of piperidine rings is 1. The summed E-state index contributed by atoms with van der Waals surface area (Å²) < 4.78 is 0. The van der Waals surface area contributed by atoms with Gasteiger partial charge < -0.3 is 10.6 Å². The molecule has 0 aromatic carbocycles. The van der Waals surface area contributed by atoms with Crippen molar-refractivity contribution < 1.29 is 9.59 Å². The van der Waals surface area contributed by atoms with Crippen LogP contribution in [0.3, 0.4) is 0 Å². The van der Waals surface area contributed by atoms with E-state index in [4.69, 9.17) is 11.6 Å². The fourth-order valence-electron chi connectivity index (χ4n) is 2.68. The van der Waals surface area contributed by atoms with Crippen molar-refractivity contribution >= 4 is 45.7 Å². The van der Waals surface area contributed by atoms with Gasteiger partial charge in [-0.15, -0.1) is 11.3 Å². The highest BCUT2D eigenvalue weighted by atomic mass is 35.5. The zero-order chi connectivity index (χ0) is 17.6. The van der Waals surface area contributed by atoms with Crippen molar-refractivity contribution in [2.45, 2.75) is 12.8 Å². The van der Waals surface area contributed by atoms with Crippen LogP contribution < -0.4 is 10.6 Å². The van der Waals surface area contributed by atoms with Gasteiger partial charge in [-0.05, 0) is 38.1 Å². The van der Waals surface area contributed by atoms with Gasteiger partial charge in [0.15, 0.2) is 5.13 Å². The zero-order valence-corrected chi connectivity index (χ0v) is 15.0. The van der Waals surface area contributed by atoms with E-state index in [0.29, 0.717) is 48.4 Å². The summed E-state index contributed by atoms with van der Waals surface area (Å²) in [6.07, 6.45) is 4.58. The van der Waals surface area contributed by atoms with Gasteiger partial charge in [0.05, 0.1) is 11.6 Å². The molecule has 0 saturated carbocycles. The van der Waals surface area contributed by atoms with Crippen LogP contribution in [0.2, 0.25) is 5.02 Å². The van der Waals surface area contributed by atoms with E-state index < -0.39 is 0 Å². The molecule has 0 unspecified atom stereocenters. The molecule has 2 N–H and O–H groups in total. The molecule has 1 fully saturated rings. The number of anilines is 2. The van der Waals surface area contributed by atoms with Crippen molar-refractivity contribution in [2.75, 3.05) is 30.3 Å². The summed E-state index contributed by atoms with van der Waals surface area (Å²) in [5.41, 5.74) is 0. The molecule has 1 aliphatic rings. The number of rotatable bonds is 5. The van der Waals surface area contributed by atoms with Crippen molar-refractivity contribution in [1.82, 2.24) is 14.9 Å². The molecular weight excluding hydrogens is 362 g/mol. The summed E-state index contributed by atoms with van der Waals surface area (Å²) in [7, 11) is 0. The number of thiazole rings is 1. The molecule has 2 aromatic rings. The van der Waals surface area contributed by atoms with E-state index in [1.807, 2.05) is 10.3 Å². The van der Waals surface area contributed by atoms with Gasteiger partial charge in [-0.25, -0.2) is 9.97 Å². The molecule has 7 nitrogen and oxygen atoms in total. The van der Waals surface area contributed by atoms with Crippen molar-refractivity contribution in [1.29, 1.82) is 0 Å². The Morgan fingerprint density at radius 1 is 1.24 bits per heavy atom. The average molecular weight is 380 g/mol. The third kappa shape index (κ3) is 5.22. The molecule has 0 radical (unpaired) electrons. The Morgan fingerprint density at radius 3 is 2.68 bits per heavy atom. The topological polar surface area (TPSA) is 87.2 Å². The highest BCUT2D eigenvalue weighted by Gasteiger charge is 2.26. The lowest BCUT2D eigenvalue weighted by Crippen LogP contribution is -2.41. The largest absolute Gasteiger partial charge is 0.310 e. The Bertz CT molecular complexity index is 715. The molecule has 0 spiro atoms. The van der Waals surface area contributed by atoms with E-state index >= 15 is 0 Å². The second-order valence-corrected chi connectivity index (χ2v) is 7.12. The van der Waals surface area contributed by atoms with Crippen LogP contribution in [0, 0.1) is 5.92 Å². The molecule has 9 heteroatoms. The first-order valence-corrected chi connectivity index (χ1v) is 9.20. The van der Waals surface area contributed by atoms with Crippen LogP contribution in [0.4, 0.5) is 10.9 Å². The summed E-state index contributed by atoms with van der Waals surface area (Å²) in [5.74, 6) is 0.306. The number of carbonyl (C=O) groups is 2. The number of halogens is 1. The Morgan fingerprint density at radius 2 is 2.04 bits per heavy atom. The van der Waals surface area contributed by atoms with Crippen LogP contribution in [-0.4, -0.2) is 46.3 Å². The maximum atomic E-state index is 12.3. The molecule has 2 amide bonds. The number of aromatic nitrogens is 2. The minimum atomic E-state index is -0.0804. The summed E-state index contributed by atoms with van der Waals surface area (Å²) in [6.45, 7) is 1.72. The number of nitrogens with zero attached hydrogens (tertiary/aromatic N) is 3. The smallest absolute Gasteiger partial charge is 0.240 e. The first-order chi connectivity index (χ1) is 12.1. The zero-order valence-electron chi connectivity index (χ0n) is 13.4. The van der Waals surface area contributed by atoms with Gasteiger partial charge in [0.2, 0.25) is 11.8 Å². The molecule has 0 bridgehead atoms. The molecule has 2 aromatic heterocycles. The lowest BCUT2D eigenvalue weighted by atomic mass is 9.96. The fraction of sp³-hybridized carbons (Fsp3) is 0.375. The summed E-state index contributed by atoms with van der Waals surface area (Å²) in [5, 5.41) is 8.53. The highest BCUT2D eigenvalue weighted by Crippen LogP contribution is 2.19. The van der Waals surface area contributed by atoms with Crippen LogP contribution in [-0.2, 0) is 9.59 Å². The van der Waals surface area contributed by atoms with Crippen LogP contribution in [0.25, 0.3) is 0 Å². The number of hydrogen-bond acceptors (Lipinski definition) is 6. The van der Waals surface area contributed by atoms with Gasteiger partial charge >= 0.3 is 0 Å². The molecule has 0 aliphatic carbocycles. The molecule has 25 heavy (non-hydrogen) atoms. The summed E-state index contributed by atoms with van der Waals surface area (Å²) in [4.78, 5) is 34.4. The van der Waals surface area contributed by atoms with E-state index in [1.54, 1.807) is 18.3 Å². The second-order valence-electron chi connectivity index (χ2n) is 5.79. The van der Waals surface area contributed by atoms with Crippen molar-refractivity contribution in [2.24, 2.45) is 5.92 Å². The maximum Gasteiger partial charge on any atom is 0.240 e. The molecule has 0 atom stereocenters. The molecule has 132 valence electrons. The van der Waals surface area contributed by atoms with Gasteiger partial charge in [0.25, 0.3) is 0 Å². The van der Waals surface area contributed by atoms with Crippen LogP contribution in [0.15, 0.2) is 29.9 Å². The second kappa shape index (κ2) is 8.37. The third-order valence-corrected chi connectivity index (χ3v) is 4.90. The quantitative estimate of drug-likeness (QED) is 0.833. The lowest BCUT2D eigenvalue weighted by molar-refractivity contribution is -0.121. The molecule has 3 rings (SSSR count). The SMILES string of the molecule is O=C(CN1CCC(C(=O)Nc2ccc(Cl)cn2)CC1)Nc1nccs1. The van der Waals surface area contributed by atoms with E-state index in [2.05, 4.69) is 20.6 Å². The van der Waals surface area contributed by atoms with Gasteiger partial charge in [-0.3, -0.25) is 14.5 Å². The van der Waals surface area contributed by atoms with E-state index in [9.17, 15) is 9.59 Å². The van der Waals surface area contributed by atoms with Crippen molar-refractivity contribution in [3.05, 3.63) is 34.9 Å². The van der Waals surface area contributed by atoms with Gasteiger partial charge in [0.1, 0.15) is 5.82 Å². The Hall–Kier alpha value is -2.03. The van der Waals surface area contributed by atoms with Crippen LogP contribution in [0.5, 0.6) is 0 Å². The minimum Gasteiger partial charge on any atom is -0.310 e. The van der Waals surface area contributed by atoms with Gasteiger partial charge in [0, 0.05) is 23.7 Å². The van der Waals surface area contributed by atoms with Crippen LogP contribution >= 0.6 is 22.9 Å². The number of pyridine rings is 1. The standard InChI is InChI=1S/C16H18ClN5O2S/c17-12-1-2-13(19-9-12)20-15(24)11-3-6-22(7-4-11)10-14(23)21-16-18-5-8-25-16/h1-2,5,8-9,11H,3-4,6-7,10H2,(H,18,21,23)(H,19,20,24). The highest BCUT2D eigenvalue weighted by molar-refractivity contribution is 7.13. The average Bonchev–Trinajstić information content (AvgIpc) is 3.10. The third-order valence-electron chi connectivity index (χ3n) is 3.98.